The van der Waals surface area contributed by atoms with Gasteiger partial charge in [0.05, 0.1) is 0 Å². The molecule has 0 unspecified atom stereocenters. The monoisotopic (exact) mass is 281 g/mol. The number of ether oxygens (including phenoxy) is 1. The molecule has 0 aliphatic heterocycles. The van der Waals surface area contributed by atoms with E-state index < -0.39 is 11.9 Å². The number of carbonyl (C=O) groups is 2. The number of esters is 1. The molecule has 0 spiro atoms. The smallest absolute Gasteiger partial charge is 0.344 e. The van der Waals surface area contributed by atoms with Crippen molar-refractivity contribution in [2.45, 2.75) is 13.2 Å². The maximum absolute atomic E-state index is 11.0. The van der Waals surface area contributed by atoms with Gasteiger partial charge in [-0.3, -0.25) is 9.59 Å². The van der Waals surface area contributed by atoms with E-state index >= 15 is 0 Å². The van der Waals surface area contributed by atoms with E-state index in [1.165, 1.54) is 0 Å². The number of benzene rings is 1. The highest BCUT2D eigenvalue weighted by Gasteiger charge is 2.03. The summed E-state index contributed by atoms with van der Waals surface area (Å²) < 4.78 is 4.86. The number of halogens is 1. The van der Waals surface area contributed by atoms with Gasteiger partial charge in [-0.25, -0.2) is 0 Å². The molecule has 19 heavy (non-hydrogen) atoms. The lowest BCUT2D eigenvalue weighted by Gasteiger charge is -2.05. The van der Waals surface area contributed by atoms with Gasteiger partial charge in [-0.15, -0.1) is 11.6 Å². The largest absolute Gasteiger partial charge is 0.460 e. The molecule has 0 radical (unpaired) electrons. The van der Waals surface area contributed by atoms with Gasteiger partial charge >= 0.3 is 18.1 Å². The van der Waals surface area contributed by atoms with Crippen molar-refractivity contribution < 1.29 is 19.1 Å². The topological polar surface area (TPSA) is 91.8 Å². The van der Waals surface area contributed by atoms with Gasteiger partial charge in [-0.05, 0) is 11.1 Å². The van der Waals surface area contributed by atoms with E-state index in [-0.39, 0.29) is 12.5 Å². The lowest BCUT2D eigenvalue weighted by Crippen LogP contribution is -2.23. The Bertz CT molecular complexity index is 495. The molecule has 100 valence electrons. The highest BCUT2D eigenvalue weighted by molar-refractivity contribution is 6.26. The SMILES string of the molecule is [N-]=[N+]=CC(=O)NCc1ccc(COC(=O)CCl)cc1. The minimum Gasteiger partial charge on any atom is -0.460 e. The molecule has 1 amide bonds. The summed E-state index contributed by atoms with van der Waals surface area (Å²) in [6.07, 6.45) is 0.778. The second-order valence-corrected chi connectivity index (χ2v) is 3.84. The number of alkyl halides is 1. The van der Waals surface area contributed by atoms with Crippen LogP contribution in [0.3, 0.4) is 0 Å². The van der Waals surface area contributed by atoms with Crippen molar-refractivity contribution in [3.8, 4) is 0 Å². The van der Waals surface area contributed by atoms with Crippen molar-refractivity contribution in [1.29, 1.82) is 0 Å². The summed E-state index contributed by atoms with van der Waals surface area (Å²) in [6, 6.07) is 7.15. The van der Waals surface area contributed by atoms with E-state index in [2.05, 4.69) is 10.1 Å². The molecule has 0 heterocycles. The van der Waals surface area contributed by atoms with Crippen LogP contribution in [0.1, 0.15) is 11.1 Å². The maximum Gasteiger partial charge on any atom is 0.344 e. The number of nitrogens with zero attached hydrogens (tertiary/aromatic N) is 2. The first-order chi connectivity index (χ1) is 9.15. The summed E-state index contributed by atoms with van der Waals surface area (Å²) in [6.45, 7) is 0.474. The molecule has 0 aliphatic rings. The number of hydrogen-bond donors (Lipinski definition) is 1. The van der Waals surface area contributed by atoms with Crippen LogP contribution in [0.4, 0.5) is 0 Å². The first kappa shape index (κ1) is 14.9. The Morgan fingerprint density at radius 1 is 1.32 bits per heavy atom. The number of rotatable bonds is 6. The normalized spacial score (nSPS) is 9.32. The minimum absolute atomic E-state index is 0.162. The fourth-order valence-corrected chi connectivity index (χ4v) is 1.32. The molecule has 1 aromatic carbocycles. The van der Waals surface area contributed by atoms with Crippen molar-refractivity contribution >= 4 is 29.7 Å². The molecule has 0 aromatic heterocycles. The van der Waals surface area contributed by atoms with Crippen LogP contribution in [0.25, 0.3) is 5.53 Å². The molecule has 0 atom stereocenters. The lowest BCUT2D eigenvalue weighted by molar-refractivity contribution is -0.141. The standard InChI is InChI=1S/C12H12ClN3O3/c13-5-12(18)19-8-10-3-1-9(2-4-10)6-15-11(17)7-16-14/h1-4,7H,5-6,8H2,(H,15,17). The molecular weight excluding hydrogens is 270 g/mol. The summed E-state index contributed by atoms with van der Waals surface area (Å²) in [7, 11) is 0. The molecule has 0 saturated heterocycles. The Kier molecular flexibility index (Phi) is 6.29. The molecule has 1 rings (SSSR count). The van der Waals surface area contributed by atoms with E-state index in [1.54, 1.807) is 24.3 Å². The number of carbonyl (C=O) groups excluding carboxylic acids is 2. The fraction of sp³-hybridized carbons (Fsp3) is 0.250. The van der Waals surface area contributed by atoms with Crippen LogP contribution in [0, 0.1) is 0 Å². The van der Waals surface area contributed by atoms with Crippen LogP contribution in [0.15, 0.2) is 24.3 Å². The van der Waals surface area contributed by atoms with Crippen molar-refractivity contribution in [2.24, 2.45) is 0 Å². The Morgan fingerprint density at radius 2 is 1.95 bits per heavy atom. The van der Waals surface area contributed by atoms with Crippen LogP contribution >= 0.6 is 11.6 Å². The van der Waals surface area contributed by atoms with Gasteiger partial charge in [0.15, 0.2) is 0 Å². The number of nitrogens with one attached hydrogen (secondary N) is 1. The maximum atomic E-state index is 11.0. The Balaban J connectivity index is 2.45. The second kappa shape index (κ2) is 8.02. The van der Waals surface area contributed by atoms with E-state index in [1.807, 2.05) is 0 Å². The number of amides is 1. The summed E-state index contributed by atoms with van der Waals surface area (Å²) in [5.74, 6) is -1.12. The molecule has 0 aliphatic carbocycles. The van der Waals surface area contributed by atoms with Gasteiger partial charge in [-0.2, -0.15) is 4.79 Å². The molecule has 6 nitrogen and oxygen atoms in total. The highest BCUT2D eigenvalue weighted by Crippen LogP contribution is 2.06. The third kappa shape index (κ3) is 5.81. The summed E-state index contributed by atoms with van der Waals surface area (Å²) in [4.78, 5) is 24.5. The molecule has 0 fully saturated rings. The first-order valence-corrected chi connectivity index (χ1v) is 5.94. The van der Waals surface area contributed by atoms with E-state index in [4.69, 9.17) is 21.9 Å². The fourth-order valence-electron chi connectivity index (χ4n) is 1.24. The van der Waals surface area contributed by atoms with Crippen LogP contribution < -0.4 is 5.32 Å². The quantitative estimate of drug-likeness (QED) is 0.276. The van der Waals surface area contributed by atoms with Crippen LogP contribution in [0.2, 0.25) is 0 Å². The molecule has 7 heteroatoms. The third-order valence-corrected chi connectivity index (χ3v) is 2.39. The van der Waals surface area contributed by atoms with Crippen molar-refractivity contribution in [1.82, 2.24) is 5.32 Å². The van der Waals surface area contributed by atoms with Crippen LogP contribution in [-0.2, 0) is 27.5 Å². The zero-order valence-corrected chi connectivity index (χ0v) is 10.8. The van der Waals surface area contributed by atoms with Gasteiger partial charge in [0.2, 0.25) is 0 Å². The molecule has 0 bridgehead atoms. The predicted octanol–water partition coefficient (Wildman–Crippen LogP) is 0.885. The minimum atomic E-state index is -0.484. The number of hydrogen-bond acceptors (Lipinski definition) is 3. The van der Waals surface area contributed by atoms with Crippen molar-refractivity contribution in [3.63, 3.8) is 0 Å². The van der Waals surface area contributed by atoms with E-state index in [0.717, 1.165) is 17.3 Å². The van der Waals surface area contributed by atoms with Gasteiger partial charge in [0.1, 0.15) is 12.5 Å². The van der Waals surface area contributed by atoms with Crippen molar-refractivity contribution in [3.05, 3.63) is 40.9 Å². The summed E-state index contributed by atoms with van der Waals surface area (Å²) in [5, 5.41) is 2.53. The predicted molar refractivity (Wildman–Crippen MR) is 68.5 cm³/mol. The summed E-state index contributed by atoms with van der Waals surface area (Å²) in [5.41, 5.74) is 9.84. The second-order valence-electron chi connectivity index (χ2n) is 3.57. The van der Waals surface area contributed by atoms with Crippen LogP contribution in [0.5, 0.6) is 0 Å². The molecule has 1 N–H and O–H groups in total. The Morgan fingerprint density at radius 3 is 2.53 bits per heavy atom. The zero-order chi connectivity index (χ0) is 14.1. The summed E-state index contributed by atoms with van der Waals surface area (Å²) >= 11 is 5.30. The molecule has 1 aromatic rings. The molecular formula is C12H12ClN3O3. The van der Waals surface area contributed by atoms with E-state index in [0.29, 0.717) is 6.54 Å². The van der Waals surface area contributed by atoms with E-state index in [9.17, 15) is 9.59 Å². The molecule has 0 saturated carbocycles. The van der Waals surface area contributed by atoms with Gasteiger partial charge in [0, 0.05) is 6.54 Å². The average molecular weight is 282 g/mol. The van der Waals surface area contributed by atoms with Gasteiger partial charge in [0.25, 0.3) is 0 Å². The Labute approximate surface area is 114 Å². The van der Waals surface area contributed by atoms with Crippen molar-refractivity contribution in [2.75, 3.05) is 5.88 Å². The zero-order valence-electron chi connectivity index (χ0n) is 10.0. The lowest BCUT2D eigenvalue weighted by atomic mass is 10.1. The highest BCUT2D eigenvalue weighted by atomic mass is 35.5. The van der Waals surface area contributed by atoms with Gasteiger partial charge in [-0.1, -0.05) is 24.3 Å². The first-order valence-electron chi connectivity index (χ1n) is 5.40. The third-order valence-electron chi connectivity index (χ3n) is 2.17. The van der Waals surface area contributed by atoms with Gasteiger partial charge < -0.3 is 15.6 Å². The Hall–Kier alpha value is -2.17. The van der Waals surface area contributed by atoms with Crippen LogP contribution in [-0.4, -0.2) is 28.8 Å². The average Bonchev–Trinajstić information content (AvgIpc) is 2.44.